The molecule has 4 rings (SSSR count). The summed E-state index contributed by atoms with van der Waals surface area (Å²) >= 11 is 1.71. The van der Waals surface area contributed by atoms with Crippen LogP contribution in [-0.2, 0) is 0 Å². The molecule has 4 nitrogen and oxygen atoms in total. The fourth-order valence-electron chi connectivity index (χ4n) is 3.98. The number of nitrogens with zero attached hydrogens (tertiary/aromatic N) is 3. The van der Waals surface area contributed by atoms with Gasteiger partial charge in [0.15, 0.2) is 0 Å². The second kappa shape index (κ2) is 4.58. The Bertz CT molecular complexity index is 651. The number of thiophene rings is 1. The van der Waals surface area contributed by atoms with E-state index in [4.69, 9.17) is 5.73 Å². The highest BCUT2D eigenvalue weighted by molar-refractivity contribution is 7.18. The number of fused-ring (bicyclic) bond motifs is 2. The summed E-state index contributed by atoms with van der Waals surface area (Å²) in [6.45, 7) is 3.24. The first-order valence-corrected chi connectivity index (χ1v) is 8.34. The van der Waals surface area contributed by atoms with Gasteiger partial charge in [-0.2, -0.15) is 4.98 Å². The Morgan fingerprint density at radius 2 is 2.10 bits per heavy atom. The Hall–Kier alpha value is -1.36. The zero-order chi connectivity index (χ0) is 13.7. The highest BCUT2D eigenvalue weighted by Gasteiger charge is 2.36. The number of hydrogen-bond acceptors (Lipinski definition) is 5. The summed E-state index contributed by atoms with van der Waals surface area (Å²) in [5.41, 5.74) is 5.94. The minimum atomic E-state index is 0.412. The first-order chi connectivity index (χ1) is 9.72. The molecule has 2 aliphatic rings. The number of aryl methyl sites for hydroxylation is 1. The predicted octanol–water partition coefficient (Wildman–Crippen LogP) is 3.35. The van der Waals surface area contributed by atoms with Crippen molar-refractivity contribution in [2.45, 2.75) is 45.1 Å². The lowest BCUT2D eigenvalue weighted by Gasteiger charge is -2.38. The maximum atomic E-state index is 5.94. The number of anilines is 2. The van der Waals surface area contributed by atoms with Gasteiger partial charge in [0.1, 0.15) is 10.6 Å². The van der Waals surface area contributed by atoms with Gasteiger partial charge in [-0.3, -0.25) is 0 Å². The molecule has 3 heterocycles. The molecule has 2 aromatic heterocycles. The quantitative estimate of drug-likeness (QED) is 0.874. The third-order valence-corrected chi connectivity index (χ3v) is 5.72. The molecule has 2 N–H and O–H groups in total. The number of aromatic nitrogens is 2. The van der Waals surface area contributed by atoms with Crippen molar-refractivity contribution in [3.05, 3.63) is 10.9 Å². The molecule has 0 spiro atoms. The normalized spacial score (nSPS) is 26.1. The molecule has 1 saturated heterocycles. The van der Waals surface area contributed by atoms with E-state index in [9.17, 15) is 0 Å². The first kappa shape index (κ1) is 12.4. The van der Waals surface area contributed by atoms with E-state index < -0.39 is 0 Å². The van der Waals surface area contributed by atoms with Crippen molar-refractivity contribution in [1.82, 2.24) is 9.97 Å². The molecule has 5 heteroatoms. The van der Waals surface area contributed by atoms with E-state index in [2.05, 4.69) is 27.9 Å². The standard InChI is InChI=1S/C15H20N4S/c1-9-8-11-13(17-15(16)18-14(11)20-9)19-7-3-5-10-4-2-6-12(10)19/h8,10,12H,2-7H2,1H3,(H2,16,17,18). The van der Waals surface area contributed by atoms with Crippen molar-refractivity contribution in [1.29, 1.82) is 0 Å². The molecule has 0 radical (unpaired) electrons. The lowest BCUT2D eigenvalue weighted by molar-refractivity contribution is 0.361. The van der Waals surface area contributed by atoms with Crippen LogP contribution in [0, 0.1) is 12.8 Å². The van der Waals surface area contributed by atoms with Crippen molar-refractivity contribution in [3.63, 3.8) is 0 Å². The smallest absolute Gasteiger partial charge is 0.223 e. The largest absolute Gasteiger partial charge is 0.368 e. The molecule has 20 heavy (non-hydrogen) atoms. The maximum Gasteiger partial charge on any atom is 0.223 e. The molecule has 1 aliphatic heterocycles. The summed E-state index contributed by atoms with van der Waals surface area (Å²) in [5, 5.41) is 1.19. The summed E-state index contributed by atoms with van der Waals surface area (Å²) in [5.74, 6) is 2.35. The lowest BCUT2D eigenvalue weighted by atomic mass is 9.92. The molecule has 1 saturated carbocycles. The zero-order valence-corrected chi connectivity index (χ0v) is 12.6. The Morgan fingerprint density at radius 1 is 1.25 bits per heavy atom. The molecule has 2 atom stereocenters. The molecule has 0 bridgehead atoms. The van der Waals surface area contributed by atoms with Crippen LogP contribution in [0.5, 0.6) is 0 Å². The SMILES string of the molecule is Cc1cc2c(N3CCCC4CCCC43)nc(N)nc2s1. The summed E-state index contributed by atoms with van der Waals surface area (Å²) in [4.78, 5) is 13.8. The van der Waals surface area contributed by atoms with Crippen molar-refractivity contribution < 1.29 is 0 Å². The second-order valence-electron chi connectivity index (χ2n) is 6.08. The minimum Gasteiger partial charge on any atom is -0.368 e. The monoisotopic (exact) mass is 288 g/mol. The highest BCUT2D eigenvalue weighted by Crippen LogP contribution is 2.41. The fourth-order valence-corrected chi connectivity index (χ4v) is 4.86. The average molecular weight is 288 g/mol. The van der Waals surface area contributed by atoms with Crippen LogP contribution in [-0.4, -0.2) is 22.6 Å². The molecular weight excluding hydrogens is 268 g/mol. The van der Waals surface area contributed by atoms with Gasteiger partial charge in [-0.05, 0) is 44.6 Å². The van der Waals surface area contributed by atoms with Gasteiger partial charge < -0.3 is 10.6 Å². The van der Waals surface area contributed by atoms with Gasteiger partial charge >= 0.3 is 0 Å². The molecule has 0 amide bonds. The van der Waals surface area contributed by atoms with Crippen LogP contribution in [0.1, 0.15) is 37.0 Å². The topological polar surface area (TPSA) is 55.0 Å². The molecule has 0 aromatic carbocycles. The van der Waals surface area contributed by atoms with Crippen molar-refractivity contribution in [3.8, 4) is 0 Å². The van der Waals surface area contributed by atoms with Crippen molar-refractivity contribution in [2.75, 3.05) is 17.2 Å². The Kier molecular flexibility index (Phi) is 2.84. The van der Waals surface area contributed by atoms with Gasteiger partial charge in [0.25, 0.3) is 0 Å². The van der Waals surface area contributed by atoms with Gasteiger partial charge in [-0.25, -0.2) is 4.98 Å². The second-order valence-corrected chi connectivity index (χ2v) is 7.31. The van der Waals surface area contributed by atoms with E-state index >= 15 is 0 Å². The third kappa shape index (κ3) is 1.87. The Labute approximate surface area is 123 Å². The number of hydrogen-bond donors (Lipinski definition) is 1. The van der Waals surface area contributed by atoms with Gasteiger partial charge in [0.2, 0.25) is 5.95 Å². The van der Waals surface area contributed by atoms with Crippen LogP contribution < -0.4 is 10.6 Å². The number of rotatable bonds is 1. The molecule has 106 valence electrons. The van der Waals surface area contributed by atoms with Crippen molar-refractivity contribution >= 4 is 33.3 Å². The number of nitrogens with two attached hydrogens (primary N) is 1. The highest BCUT2D eigenvalue weighted by atomic mass is 32.1. The minimum absolute atomic E-state index is 0.412. The third-order valence-electron chi connectivity index (χ3n) is 4.78. The zero-order valence-electron chi connectivity index (χ0n) is 11.8. The van der Waals surface area contributed by atoms with Gasteiger partial charge in [0.05, 0.1) is 5.39 Å². The van der Waals surface area contributed by atoms with E-state index in [1.165, 1.54) is 42.4 Å². The molecular formula is C15H20N4S. The lowest BCUT2D eigenvalue weighted by Crippen LogP contribution is -2.43. The summed E-state index contributed by atoms with van der Waals surface area (Å²) in [6, 6.07) is 2.88. The Morgan fingerprint density at radius 3 is 3.00 bits per heavy atom. The summed E-state index contributed by atoms with van der Waals surface area (Å²) < 4.78 is 0. The van der Waals surface area contributed by atoms with Crippen LogP contribution in [0.2, 0.25) is 0 Å². The number of nitrogen functional groups attached to an aromatic ring is 1. The molecule has 2 aromatic rings. The average Bonchev–Trinajstić information content (AvgIpc) is 3.02. The number of piperidine rings is 1. The van der Waals surface area contributed by atoms with E-state index in [0.29, 0.717) is 12.0 Å². The van der Waals surface area contributed by atoms with E-state index in [-0.39, 0.29) is 0 Å². The van der Waals surface area contributed by atoms with E-state index in [0.717, 1.165) is 23.1 Å². The van der Waals surface area contributed by atoms with Gasteiger partial charge in [0, 0.05) is 17.5 Å². The van der Waals surface area contributed by atoms with Crippen LogP contribution in [0.25, 0.3) is 10.2 Å². The molecule has 1 aliphatic carbocycles. The van der Waals surface area contributed by atoms with Gasteiger partial charge in [-0.15, -0.1) is 11.3 Å². The van der Waals surface area contributed by atoms with Crippen LogP contribution in [0.15, 0.2) is 6.07 Å². The van der Waals surface area contributed by atoms with E-state index in [1.807, 2.05) is 0 Å². The first-order valence-electron chi connectivity index (χ1n) is 7.52. The van der Waals surface area contributed by atoms with E-state index in [1.54, 1.807) is 11.3 Å². The summed E-state index contributed by atoms with van der Waals surface area (Å²) in [7, 11) is 0. The maximum absolute atomic E-state index is 5.94. The summed E-state index contributed by atoms with van der Waals surface area (Å²) in [6.07, 6.45) is 6.70. The van der Waals surface area contributed by atoms with Crippen LogP contribution >= 0.6 is 11.3 Å². The molecule has 2 unspecified atom stereocenters. The Balaban J connectivity index is 1.84. The predicted molar refractivity (Wildman–Crippen MR) is 84.3 cm³/mol. The van der Waals surface area contributed by atoms with Crippen LogP contribution in [0.4, 0.5) is 11.8 Å². The van der Waals surface area contributed by atoms with Crippen LogP contribution in [0.3, 0.4) is 0 Å². The molecule has 2 fully saturated rings. The fraction of sp³-hybridized carbons (Fsp3) is 0.600. The van der Waals surface area contributed by atoms with Crippen molar-refractivity contribution in [2.24, 2.45) is 5.92 Å². The van der Waals surface area contributed by atoms with Gasteiger partial charge in [-0.1, -0.05) is 6.42 Å².